The Morgan fingerprint density at radius 2 is 1.67 bits per heavy atom. The number of non-ortho nitro benzene ring substituents is 1. The van der Waals surface area contributed by atoms with E-state index in [-0.39, 0.29) is 22.4 Å². The Bertz CT molecular complexity index is 1500. The Balaban J connectivity index is 1.49. The van der Waals surface area contributed by atoms with Crippen molar-refractivity contribution in [2.45, 2.75) is 50.8 Å². The summed E-state index contributed by atoms with van der Waals surface area (Å²) in [5.74, 6) is -0.0291. The lowest BCUT2D eigenvalue weighted by atomic mass is 9.95. The van der Waals surface area contributed by atoms with Gasteiger partial charge in [0.25, 0.3) is 5.69 Å². The molecule has 3 saturated heterocycles. The van der Waals surface area contributed by atoms with Gasteiger partial charge in [-0.2, -0.15) is 4.31 Å². The molecule has 0 bridgehead atoms. The fraction of sp³-hybridized carbons (Fsp3) is 0.562. The van der Waals surface area contributed by atoms with Crippen LogP contribution in [0.15, 0.2) is 46.3 Å². The molecule has 12 nitrogen and oxygen atoms in total. The van der Waals surface area contributed by atoms with Gasteiger partial charge < -0.3 is 19.4 Å². The highest BCUT2D eigenvalue weighted by Crippen LogP contribution is 2.35. The summed E-state index contributed by atoms with van der Waals surface area (Å²) in [6.07, 6.45) is 6.32. The average Bonchev–Trinajstić information content (AvgIpc) is 3.08. The highest BCUT2D eigenvalue weighted by atomic mass is 32.2. The van der Waals surface area contributed by atoms with Crippen LogP contribution >= 0.6 is 0 Å². The van der Waals surface area contributed by atoms with Crippen molar-refractivity contribution in [2.75, 3.05) is 75.4 Å². The number of carbonyl (C=O) groups is 1. The summed E-state index contributed by atoms with van der Waals surface area (Å²) in [7, 11) is -3.81. The summed E-state index contributed by atoms with van der Waals surface area (Å²) in [4.78, 5) is 35.4. The maximum Gasteiger partial charge on any atom is 0.270 e. The zero-order valence-corrected chi connectivity index (χ0v) is 27.1. The lowest BCUT2D eigenvalue weighted by Crippen LogP contribution is -2.45. The van der Waals surface area contributed by atoms with E-state index in [0.29, 0.717) is 69.4 Å². The number of aliphatic imine (C=N–C) groups is 1. The van der Waals surface area contributed by atoms with Crippen LogP contribution in [0, 0.1) is 16.0 Å². The summed E-state index contributed by atoms with van der Waals surface area (Å²) in [6.45, 7) is 9.35. The number of hydrogen-bond donors (Lipinski definition) is 0. The van der Waals surface area contributed by atoms with Crippen LogP contribution in [0.5, 0.6) is 0 Å². The normalized spacial score (nSPS) is 20.0. The van der Waals surface area contributed by atoms with E-state index in [1.807, 2.05) is 24.8 Å². The van der Waals surface area contributed by atoms with Gasteiger partial charge in [0, 0.05) is 82.0 Å². The van der Waals surface area contributed by atoms with Crippen molar-refractivity contribution in [2.24, 2.45) is 10.9 Å². The molecule has 1 atom stereocenters. The summed E-state index contributed by atoms with van der Waals surface area (Å²) in [6, 6.07) is 9.92. The molecule has 2 aromatic rings. The fourth-order valence-electron chi connectivity index (χ4n) is 6.49. The molecule has 0 saturated carbocycles. The van der Waals surface area contributed by atoms with Crippen LogP contribution in [0.1, 0.15) is 51.5 Å². The average molecular weight is 641 g/mol. The first-order chi connectivity index (χ1) is 21.7. The Morgan fingerprint density at radius 3 is 2.36 bits per heavy atom. The first-order valence-corrected chi connectivity index (χ1v) is 17.5. The van der Waals surface area contributed by atoms with Gasteiger partial charge in [0.05, 0.1) is 35.4 Å². The standard InChI is InChI=1S/C32H44N6O6S/c1-3-34(4-2)32(39)25-9-8-16-36(24-25)29-13-11-28(38(40)41)21-26(29)23-33-27-10-12-30(35-14-6-5-7-15-35)31(22-27)45(42,43)37-17-19-44-20-18-37/h10-13,21-23,25H,3-9,14-20,24H2,1-2H3/t25-/m0/s1. The monoisotopic (exact) mass is 640 g/mol. The Kier molecular flexibility index (Phi) is 10.7. The molecule has 3 heterocycles. The minimum absolute atomic E-state index is 0.0657. The molecule has 2 aromatic carbocycles. The van der Waals surface area contributed by atoms with Crippen molar-refractivity contribution in [3.8, 4) is 0 Å². The fourth-order valence-corrected chi connectivity index (χ4v) is 8.13. The predicted octanol–water partition coefficient (Wildman–Crippen LogP) is 4.44. The van der Waals surface area contributed by atoms with Crippen molar-refractivity contribution < 1.29 is 22.9 Å². The number of rotatable bonds is 10. The van der Waals surface area contributed by atoms with E-state index in [1.165, 1.54) is 16.4 Å². The van der Waals surface area contributed by atoms with Crippen LogP contribution in [0.25, 0.3) is 0 Å². The number of ether oxygens (including phenoxy) is 1. The van der Waals surface area contributed by atoms with Gasteiger partial charge in [0.15, 0.2) is 0 Å². The van der Waals surface area contributed by atoms with Gasteiger partial charge in [-0.05, 0) is 70.2 Å². The second-order valence-electron chi connectivity index (χ2n) is 11.8. The molecule has 0 N–H and O–H groups in total. The molecular weight excluding hydrogens is 596 g/mol. The number of benzene rings is 2. The molecule has 0 aliphatic carbocycles. The van der Waals surface area contributed by atoms with Crippen LogP contribution in [-0.2, 0) is 19.6 Å². The molecule has 0 aromatic heterocycles. The number of sulfonamides is 1. The second-order valence-corrected chi connectivity index (χ2v) is 13.7. The molecule has 1 amide bonds. The third-order valence-corrected chi connectivity index (χ3v) is 10.9. The summed E-state index contributed by atoms with van der Waals surface area (Å²) >= 11 is 0. The molecule has 3 aliphatic heterocycles. The predicted molar refractivity (Wildman–Crippen MR) is 175 cm³/mol. The number of anilines is 2. The molecule has 0 radical (unpaired) electrons. The molecule has 0 spiro atoms. The molecule has 0 unspecified atom stereocenters. The number of hydrogen-bond acceptors (Lipinski definition) is 9. The van der Waals surface area contributed by atoms with Gasteiger partial charge in [-0.25, -0.2) is 8.42 Å². The van der Waals surface area contributed by atoms with Crippen LogP contribution in [-0.4, -0.2) is 100 Å². The molecule has 5 rings (SSSR count). The van der Waals surface area contributed by atoms with E-state index in [4.69, 9.17) is 4.74 Å². The van der Waals surface area contributed by atoms with E-state index in [1.54, 1.807) is 24.4 Å². The molecular formula is C32H44N6O6S. The summed E-state index contributed by atoms with van der Waals surface area (Å²) < 4.78 is 34.7. The third-order valence-electron chi connectivity index (χ3n) is 8.99. The van der Waals surface area contributed by atoms with Gasteiger partial charge in [-0.1, -0.05) is 0 Å². The van der Waals surface area contributed by atoms with E-state index in [2.05, 4.69) is 14.8 Å². The molecule has 3 aliphatic rings. The van der Waals surface area contributed by atoms with Crippen LogP contribution < -0.4 is 9.80 Å². The first kappa shape index (κ1) is 32.8. The Labute approximate surface area is 265 Å². The molecule has 3 fully saturated rings. The van der Waals surface area contributed by atoms with E-state index < -0.39 is 14.9 Å². The number of amides is 1. The number of nitro groups is 1. The maximum absolute atomic E-state index is 13.9. The summed E-state index contributed by atoms with van der Waals surface area (Å²) in [5.41, 5.74) is 2.34. The highest BCUT2D eigenvalue weighted by molar-refractivity contribution is 7.89. The van der Waals surface area contributed by atoms with Crippen LogP contribution in [0.4, 0.5) is 22.7 Å². The second kappa shape index (κ2) is 14.7. The first-order valence-electron chi connectivity index (χ1n) is 16.1. The third kappa shape index (κ3) is 7.47. The topological polar surface area (TPSA) is 129 Å². The maximum atomic E-state index is 13.9. The van der Waals surface area contributed by atoms with Gasteiger partial charge in [-0.3, -0.25) is 19.9 Å². The number of nitrogens with zero attached hydrogens (tertiary/aromatic N) is 6. The number of nitro benzene ring substituents is 1. The minimum atomic E-state index is -3.81. The Hall–Kier alpha value is -3.55. The molecule has 13 heteroatoms. The summed E-state index contributed by atoms with van der Waals surface area (Å²) in [5, 5.41) is 11.7. The van der Waals surface area contributed by atoms with Crippen LogP contribution in [0.3, 0.4) is 0 Å². The van der Waals surface area contributed by atoms with E-state index in [9.17, 15) is 23.3 Å². The zero-order chi connectivity index (χ0) is 32.0. The van der Waals surface area contributed by atoms with E-state index >= 15 is 0 Å². The number of piperidine rings is 2. The van der Waals surface area contributed by atoms with Crippen molar-refractivity contribution in [1.82, 2.24) is 9.21 Å². The highest BCUT2D eigenvalue weighted by Gasteiger charge is 2.32. The lowest BCUT2D eigenvalue weighted by Gasteiger charge is -2.36. The zero-order valence-electron chi connectivity index (χ0n) is 26.3. The van der Waals surface area contributed by atoms with Gasteiger partial charge in [0.2, 0.25) is 15.9 Å². The number of morpholine rings is 1. The smallest absolute Gasteiger partial charge is 0.270 e. The minimum Gasteiger partial charge on any atom is -0.379 e. The quantitative estimate of drug-likeness (QED) is 0.212. The van der Waals surface area contributed by atoms with Crippen LogP contribution in [0.2, 0.25) is 0 Å². The van der Waals surface area contributed by atoms with Crippen molar-refractivity contribution in [1.29, 1.82) is 0 Å². The van der Waals surface area contributed by atoms with Gasteiger partial charge >= 0.3 is 0 Å². The van der Waals surface area contributed by atoms with Crippen molar-refractivity contribution >= 4 is 44.9 Å². The lowest BCUT2D eigenvalue weighted by molar-refractivity contribution is -0.384. The number of carbonyl (C=O) groups excluding carboxylic acids is 1. The van der Waals surface area contributed by atoms with Crippen molar-refractivity contribution in [3.63, 3.8) is 0 Å². The largest absolute Gasteiger partial charge is 0.379 e. The SMILES string of the molecule is CCN(CC)C(=O)[C@H]1CCCN(c2ccc([N+](=O)[O-])cc2C=Nc2ccc(N3CCCCC3)c(S(=O)(=O)N3CCOCC3)c2)C1. The molecule has 244 valence electrons. The Morgan fingerprint density at radius 1 is 0.978 bits per heavy atom. The van der Waals surface area contributed by atoms with Gasteiger partial charge in [-0.15, -0.1) is 0 Å². The van der Waals surface area contributed by atoms with Gasteiger partial charge in [0.1, 0.15) is 4.90 Å². The van der Waals surface area contributed by atoms with Crippen molar-refractivity contribution in [3.05, 3.63) is 52.1 Å². The van der Waals surface area contributed by atoms with E-state index in [0.717, 1.165) is 50.9 Å². The molecule has 45 heavy (non-hydrogen) atoms.